The second-order valence-electron chi connectivity index (χ2n) is 2.59. The summed E-state index contributed by atoms with van der Waals surface area (Å²) in [5.41, 5.74) is 1.96. The minimum Gasteiger partial charge on any atom is -0.193 e. The Labute approximate surface area is 90.8 Å². The summed E-state index contributed by atoms with van der Waals surface area (Å²) in [5.74, 6) is 0. The van der Waals surface area contributed by atoms with Gasteiger partial charge in [-0.2, -0.15) is 5.26 Å². The molecule has 0 aliphatic heterocycles. The molecule has 0 spiro atoms. The number of benzene rings is 1. The van der Waals surface area contributed by atoms with Gasteiger partial charge in [0.25, 0.3) is 0 Å². The number of hydrogen-bond donors (Lipinski definition) is 0. The van der Waals surface area contributed by atoms with Crippen molar-refractivity contribution in [3.8, 4) is 6.07 Å². The molecule has 1 aromatic rings. The number of aryl methyl sites for hydroxylation is 1. The van der Waals surface area contributed by atoms with Crippen LogP contribution in [0.25, 0.3) is 5.03 Å². The largest absolute Gasteiger partial charge is 0.193 e. The maximum absolute atomic E-state index is 8.40. The summed E-state index contributed by atoms with van der Waals surface area (Å²) in [6, 6.07) is 7.61. The van der Waals surface area contributed by atoms with Crippen molar-refractivity contribution in [3.05, 3.63) is 39.9 Å². The van der Waals surface area contributed by atoms with Gasteiger partial charge < -0.3 is 0 Å². The maximum Gasteiger partial charge on any atom is 0.0927 e. The molecule has 1 rings (SSSR count). The third-order valence-corrected chi connectivity index (χ3v) is 2.84. The molecule has 3 heteroatoms. The number of nitriles is 1. The summed E-state index contributed by atoms with van der Waals surface area (Å²) in [5, 5.41) is 8.87. The molecular weight excluding hydrogens is 249 g/mol. The third kappa shape index (κ3) is 2.58. The fourth-order valence-corrected chi connectivity index (χ4v) is 1.35. The monoisotopic (exact) mass is 255 g/mol. The van der Waals surface area contributed by atoms with Crippen LogP contribution in [0, 0.1) is 18.3 Å². The van der Waals surface area contributed by atoms with Crippen LogP contribution < -0.4 is 0 Å². The fraction of sp³-hybridized carbons (Fsp3) is 0.100. The zero-order valence-corrected chi connectivity index (χ0v) is 9.35. The molecule has 0 radical (unpaired) electrons. The van der Waals surface area contributed by atoms with Crippen molar-refractivity contribution < 1.29 is 0 Å². The van der Waals surface area contributed by atoms with E-state index in [-0.39, 0.29) is 0 Å². The lowest BCUT2D eigenvalue weighted by Crippen LogP contribution is -1.80. The second kappa shape index (κ2) is 4.45. The highest BCUT2D eigenvalue weighted by Crippen LogP contribution is 2.23. The molecule has 0 unspecified atom stereocenters. The molecule has 0 aromatic heterocycles. The zero-order valence-electron chi connectivity index (χ0n) is 7.01. The van der Waals surface area contributed by atoms with E-state index in [0.29, 0.717) is 5.03 Å². The van der Waals surface area contributed by atoms with E-state index < -0.39 is 0 Å². The van der Waals surface area contributed by atoms with Crippen molar-refractivity contribution >= 4 is 32.6 Å². The van der Waals surface area contributed by atoms with E-state index in [9.17, 15) is 0 Å². The number of halogens is 2. The van der Waals surface area contributed by atoms with Crippen molar-refractivity contribution in [1.29, 1.82) is 5.26 Å². The van der Waals surface area contributed by atoms with E-state index in [2.05, 4.69) is 15.9 Å². The molecular formula is C10H7BrClN. The standard InChI is InChI=1S/C10H7BrClN/c1-7-6-8(2-3-9(7)11)10(12)4-5-13/h2-4,6H,1H3/b10-4-. The lowest BCUT2D eigenvalue weighted by atomic mass is 10.1. The Morgan fingerprint density at radius 2 is 2.31 bits per heavy atom. The molecule has 66 valence electrons. The van der Waals surface area contributed by atoms with Crippen molar-refractivity contribution in [2.24, 2.45) is 0 Å². The predicted octanol–water partition coefficient (Wildman–Crippen LogP) is 3.86. The molecule has 13 heavy (non-hydrogen) atoms. The molecule has 0 heterocycles. The molecule has 0 saturated carbocycles. The number of rotatable bonds is 1. The lowest BCUT2D eigenvalue weighted by Gasteiger charge is -2.01. The first-order chi connectivity index (χ1) is 6.15. The topological polar surface area (TPSA) is 23.8 Å². The highest BCUT2D eigenvalue weighted by atomic mass is 79.9. The van der Waals surface area contributed by atoms with Gasteiger partial charge >= 0.3 is 0 Å². The minimum absolute atomic E-state index is 0.470. The normalized spacial score (nSPS) is 11.1. The van der Waals surface area contributed by atoms with E-state index in [1.54, 1.807) is 0 Å². The van der Waals surface area contributed by atoms with Gasteiger partial charge in [0, 0.05) is 10.5 Å². The molecule has 0 aliphatic carbocycles. The molecule has 0 bridgehead atoms. The summed E-state index contributed by atoms with van der Waals surface area (Å²) >= 11 is 9.24. The van der Waals surface area contributed by atoms with Crippen molar-refractivity contribution in [1.82, 2.24) is 0 Å². The Hall–Kier alpha value is -0.780. The molecule has 0 N–H and O–H groups in total. The Bertz CT molecular complexity index is 390. The van der Waals surface area contributed by atoms with Crippen LogP contribution in [0.4, 0.5) is 0 Å². The van der Waals surface area contributed by atoms with Gasteiger partial charge in [0.2, 0.25) is 0 Å². The number of nitrogens with zero attached hydrogens (tertiary/aromatic N) is 1. The van der Waals surface area contributed by atoms with E-state index in [1.165, 1.54) is 6.08 Å². The summed E-state index contributed by atoms with van der Waals surface area (Å²) in [6.07, 6.45) is 1.32. The average molecular weight is 257 g/mol. The van der Waals surface area contributed by atoms with Gasteiger partial charge in [-0.05, 0) is 30.2 Å². The molecule has 1 nitrogen and oxygen atoms in total. The van der Waals surface area contributed by atoms with Gasteiger partial charge in [-0.15, -0.1) is 0 Å². The van der Waals surface area contributed by atoms with E-state index >= 15 is 0 Å². The van der Waals surface area contributed by atoms with Crippen LogP contribution in [-0.2, 0) is 0 Å². The molecule has 0 fully saturated rings. The minimum atomic E-state index is 0.470. The number of allylic oxidation sites excluding steroid dienone is 1. The predicted molar refractivity (Wildman–Crippen MR) is 58.3 cm³/mol. The molecule has 0 amide bonds. The van der Waals surface area contributed by atoms with Gasteiger partial charge in [0.05, 0.1) is 11.1 Å². The Morgan fingerprint density at radius 3 is 2.85 bits per heavy atom. The third-order valence-electron chi connectivity index (χ3n) is 1.62. The molecule has 0 aliphatic rings. The Balaban J connectivity index is 3.13. The highest BCUT2D eigenvalue weighted by Gasteiger charge is 2.00. The molecule has 0 atom stereocenters. The Morgan fingerprint density at radius 1 is 1.62 bits per heavy atom. The first-order valence-electron chi connectivity index (χ1n) is 3.67. The second-order valence-corrected chi connectivity index (χ2v) is 3.85. The van der Waals surface area contributed by atoms with Crippen LogP contribution in [0.2, 0.25) is 0 Å². The van der Waals surface area contributed by atoms with Gasteiger partial charge in [-0.1, -0.05) is 33.6 Å². The van der Waals surface area contributed by atoms with Crippen molar-refractivity contribution in [2.75, 3.05) is 0 Å². The zero-order chi connectivity index (χ0) is 9.84. The average Bonchev–Trinajstić information content (AvgIpc) is 2.10. The van der Waals surface area contributed by atoms with Gasteiger partial charge in [0.15, 0.2) is 0 Å². The summed E-state index contributed by atoms with van der Waals surface area (Å²) in [7, 11) is 0. The first-order valence-corrected chi connectivity index (χ1v) is 4.84. The lowest BCUT2D eigenvalue weighted by molar-refractivity contribution is 1.42. The van der Waals surface area contributed by atoms with E-state index in [1.807, 2.05) is 31.2 Å². The summed E-state index contributed by atoms with van der Waals surface area (Å²) in [4.78, 5) is 0. The first kappa shape index (κ1) is 10.3. The van der Waals surface area contributed by atoms with Crippen molar-refractivity contribution in [3.63, 3.8) is 0 Å². The van der Waals surface area contributed by atoms with E-state index in [4.69, 9.17) is 16.9 Å². The molecule has 1 aromatic carbocycles. The fourth-order valence-electron chi connectivity index (χ4n) is 0.933. The van der Waals surface area contributed by atoms with Gasteiger partial charge in [-0.3, -0.25) is 0 Å². The SMILES string of the molecule is Cc1cc(/C(Cl)=C/C#N)ccc1Br. The van der Waals surface area contributed by atoms with Gasteiger partial charge in [0.1, 0.15) is 0 Å². The summed E-state index contributed by atoms with van der Waals surface area (Å²) < 4.78 is 1.04. The van der Waals surface area contributed by atoms with Crippen LogP contribution in [0.15, 0.2) is 28.7 Å². The van der Waals surface area contributed by atoms with Gasteiger partial charge in [-0.25, -0.2) is 0 Å². The quantitative estimate of drug-likeness (QED) is 0.700. The van der Waals surface area contributed by atoms with Crippen LogP contribution in [0.1, 0.15) is 11.1 Å². The highest BCUT2D eigenvalue weighted by molar-refractivity contribution is 9.10. The Kier molecular flexibility index (Phi) is 3.53. The van der Waals surface area contributed by atoms with Crippen molar-refractivity contribution in [2.45, 2.75) is 6.92 Å². The van der Waals surface area contributed by atoms with E-state index in [0.717, 1.165) is 15.6 Å². The summed E-state index contributed by atoms with van der Waals surface area (Å²) in [6.45, 7) is 1.98. The van der Waals surface area contributed by atoms with Crippen LogP contribution in [0.5, 0.6) is 0 Å². The number of hydrogen-bond acceptors (Lipinski definition) is 1. The van der Waals surface area contributed by atoms with Crippen LogP contribution in [-0.4, -0.2) is 0 Å². The van der Waals surface area contributed by atoms with Crippen LogP contribution in [0.3, 0.4) is 0 Å². The maximum atomic E-state index is 8.40. The smallest absolute Gasteiger partial charge is 0.0927 e. The molecule has 0 saturated heterocycles. The van der Waals surface area contributed by atoms with Crippen LogP contribution >= 0.6 is 27.5 Å².